The van der Waals surface area contributed by atoms with E-state index in [-0.39, 0.29) is 28.8 Å². The smallest absolute Gasteiger partial charge is 0.282 e. The number of ether oxygens (including phenoxy) is 3. The molecule has 0 radical (unpaired) electrons. The number of benzene rings is 3. The van der Waals surface area contributed by atoms with E-state index in [9.17, 15) is 4.79 Å². The Bertz CT molecular complexity index is 1820. The molecule has 0 aliphatic rings. The average Bonchev–Trinajstić information content (AvgIpc) is 3.38. The van der Waals surface area contributed by atoms with Gasteiger partial charge in [-0.1, -0.05) is 35.7 Å². The van der Waals surface area contributed by atoms with Gasteiger partial charge in [-0.05, 0) is 52.3 Å². The van der Waals surface area contributed by atoms with E-state index in [1.807, 2.05) is 24.3 Å². The minimum absolute atomic E-state index is 0.0136. The Morgan fingerprint density at radius 2 is 1.92 bits per heavy atom. The second kappa shape index (κ2) is 10.6. The second-order valence-electron chi connectivity index (χ2n) is 7.91. The first-order valence-electron chi connectivity index (χ1n) is 11.2. The third-order valence-corrected chi connectivity index (χ3v) is 7.15. The van der Waals surface area contributed by atoms with Crippen LogP contribution in [0.1, 0.15) is 5.56 Å². The van der Waals surface area contributed by atoms with Crippen LogP contribution in [0.2, 0.25) is 5.02 Å². The fourth-order valence-electron chi connectivity index (χ4n) is 3.93. The maximum absolute atomic E-state index is 13.6. The molecule has 0 saturated heterocycles. The molecule has 0 amide bonds. The molecule has 190 valence electrons. The number of aromatic nitrogens is 2. The van der Waals surface area contributed by atoms with Gasteiger partial charge in [0, 0.05) is 10.0 Å². The maximum atomic E-state index is 13.6. The van der Waals surface area contributed by atoms with Crippen LogP contribution in [0.25, 0.3) is 33.5 Å². The van der Waals surface area contributed by atoms with E-state index in [1.54, 1.807) is 37.4 Å². The van der Waals surface area contributed by atoms with Crippen LogP contribution in [-0.2, 0) is 0 Å². The molecule has 10 heteroatoms. The predicted molar refractivity (Wildman–Crippen MR) is 151 cm³/mol. The van der Waals surface area contributed by atoms with Gasteiger partial charge in [-0.15, -0.1) is 6.42 Å². The summed E-state index contributed by atoms with van der Waals surface area (Å²) in [5.74, 6) is 4.23. The van der Waals surface area contributed by atoms with Crippen LogP contribution >= 0.6 is 27.5 Å². The van der Waals surface area contributed by atoms with Gasteiger partial charge in [-0.2, -0.15) is 9.78 Å². The summed E-state index contributed by atoms with van der Waals surface area (Å²) < 4.78 is 24.2. The van der Waals surface area contributed by atoms with Crippen molar-refractivity contribution in [1.29, 1.82) is 0 Å². The van der Waals surface area contributed by atoms with Crippen molar-refractivity contribution in [2.45, 2.75) is 0 Å². The largest absolute Gasteiger partial charge is 0.496 e. The zero-order valence-corrected chi connectivity index (χ0v) is 22.5. The Balaban J connectivity index is 1.70. The summed E-state index contributed by atoms with van der Waals surface area (Å²) in [4.78, 5) is 18.3. The molecular weight excluding hydrogens is 574 g/mol. The van der Waals surface area contributed by atoms with E-state index >= 15 is 0 Å². The zero-order valence-electron chi connectivity index (χ0n) is 20.2. The summed E-state index contributed by atoms with van der Waals surface area (Å²) in [5.41, 5.74) is 1.24. The van der Waals surface area contributed by atoms with Crippen molar-refractivity contribution < 1.29 is 18.6 Å². The summed E-state index contributed by atoms with van der Waals surface area (Å²) in [6, 6.07) is 15.9. The number of rotatable bonds is 7. The monoisotopic (exact) mass is 591 g/mol. The van der Waals surface area contributed by atoms with Crippen molar-refractivity contribution in [2.75, 3.05) is 20.8 Å². The molecule has 38 heavy (non-hydrogen) atoms. The van der Waals surface area contributed by atoms with Crippen molar-refractivity contribution >= 4 is 55.6 Å². The number of methoxy groups -OCH3 is 2. The number of hydrogen-bond donors (Lipinski definition) is 0. The standard InChI is InChI=1S/C28H19BrClN3O5/c1-4-12-37-26-22(36-3)13-16(24(29)25(26)30)15-31-33-27(32-19-9-6-5-8-17(19)28(33)34)23-14-18-20(35-2)10-7-11-21(18)38-23/h1,5-11,13-15H,12H2,2-3H3. The highest BCUT2D eigenvalue weighted by molar-refractivity contribution is 9.10. The maximum Gasteiger partial charge on any atom is 0.282 e. The summed E-state index contributed by atoms with van der Waals surface area (Å²) in [7, 11) is 3.06. The first-order valence-corrected chi connectivity index (χ1v) is 12.4. The van der Waals surface area contributed by atoms with E-state index in [0.29, 0.717) is 43.8 Å². The molecule has 5 rings (SSSR count). The zero-order chi connectivity index (χ0) is 26.8. The third kappa shape index (κ3) is 4.49. The van der Waals surface area contributed by atoms with Crippen LogP contribution in [0, 0.1) is 12.3 Å². The molecule has 3 aromatic carbocycles. The molecule has 0 aliphatic carbocycles. The molecule has 0 unspecified atom stereocenters. The van der Waals surface area contributed by atoms with Crippen molar-refractivity contribution in [3.05, 3.63) is 80.0 Å². The van der Waals surface area contributed by atoms with Crippen LogP contribution in [0.4, 0.5) is 0 Å². The van der Waals surface area contributed by atoms with Crippen LogP contribution in [0.5, 0.6) is 17.2 Å². The molecular formula is C28H19BrClN3O5. The molecule has 0 N–H and O–H groups in total. The minimum atomic E-state index is -0.377. The number of halogens is 2. The van der Waals surface area contributed by atoms with Gasteiger partial charge in [0.2, 0.25) is 5.82 Å². The number of nitrogens with zero attached hydrogens (tertiary/aromatic N) is 3. The Morgan fingerprint density at radius 1 is 1.13 bits per heavy atom. The number of fused-ring (bicyclic) bond motifs is 2. The normalized spacial score (nSPS) is 11.2. The topological polar surface area (TPSA) is 88.1 Å². The Morgan fingerprint density at radius 3 is 2.68 bits per heavy atom. The summed E-state index contributed by atoms with van der Waals surface area (Å²) in [6.45, 7) is 0.0136. The van der Waals surface area contributed by atoms with E-state index in [0.717, 1.165) is 5.39 Å². The summed E-state index contributed by atoms with van der Waals surface area (Å²) in [6.07, 6.45) is 6.78. The van der Waals surface area contributed by atoms with Crippen LogP contribution < -0.4 is 19.8 Å². The lowest BCUT2D eigenvalue weighted by Gasteiger charge is -2.13. The molecule has 0 atom stereocenters. The van der Waals surface area contributed by atoms with Gasteiger partial charge in [0.1, 0.15) is 23.0 Å². The van der Waals surface area contributed by atoms with E-state index < -0.39 is 0 Å². The molecule has 8 nitrogen and oxygen atoms in total. The van der Waals surface area contributed by atoms with Gasteiger partial charge >= 0.3 is 0 Å². The summed E-state index contributed by atoms with van der Waals surface area (Å²) >= 11 is 10.00. The second-order valence-corrected chi connectivity index (χ2v) is 9.09. The fourth-order valence-corrected chi connectivity index (χ4v) is 4.58. The first kappa shape index (κ1) is 25.4. The number of furan rings is 1. The Kier molecular flexibility index (Phi) is 7.09. The Labute approximate surface area is 230 Å². The van der Waals surface area contributed by atoms with Gasteiger partial charge in [0.05, 0.1) is 36.7 Å². The highest BCUT2D eigenvalue weighted by atomic mass is 79.9. The predicted octanol–water partition coefficient (Wildman–Crippen LogP) is 6.14. The molecule has 5 aromatic rings. The lowest BCUT2D eigenvalue weighted by molar-refractivity contribution is 0.331. The van der Waals surface area contributed by atoms with Gasteiger partial charge in [0.25, 0.3) is 5.56 Å². The van der Waals surface area contributed by atoms with Gasteiger partial charge in [-0.25, -0.2) is 4.98 Å². The minimum Gasteiger partial charge on any atom is -0.496 e. The lowest BCUT2D eigenvalue weighted by Crippen LogP contribution is -2.20. The average molecular weight is 593 g/mol. The number of terminal acetylenes is 1. The highest BCUT2D eigenvalue weighted by Crippen LogP contribution is 2.42. The third-order valence-electron chi connectivity index (χ3n) is 5.70. The van der Waals surface area contributed by atoms with E-state index in [1.165, 1.54) is 18.0 Å². The molecule has 2 aromatic heterocycles. The van der Waals surface area contributed by atoms with Crippen molar-refractivity contribution in [3.8, 4) is 41.2 Å². The van der Waals surface area contributed by atoms with Crippen LogP contribution in [0.3, 0.4) is 0 Å². The van der Waals surface area contributed by atoms with Gasteiger partial charge in [0.15, 0.2) is 17.3 Å². The first-order chi connectivity index (χ1) is 18.5. The number of para-hydroxylation sites is 1. The molecule has 0 fully saturated rings. The van der Waals surface area contributed by atoms with Crippen molar-refractivity contribution in [1.82, 2.24) is 9.66 Å². The summed E-state index contributed by atoms with van der Waals surface area (Å²) in [5, 5.41) is 5.88. The number of hydrogen-bond acceptors (Lipinski definition) is 7. The van der Waals surface area contributed by atoms with Crippen LogP contribution in [-0.4, -0.2) is 36.7 Å². The van der Waals surface area contributed by atoms with Crippen molar-refractivity contribution in [3.63, 3.8) is 0 Å². The van der Waals surface area contributed by atoms with Gasteiger partial charge in [-0.3, -0.25) is 4.79 Å². The van der Waals surface area contributed by atoms with E-state index in [4.69, 9.17) is 41.6 Å². The van der Waals surface area contributed by atoms with Crippen LogP contribution in [0.15, 0.2) is 73.4 Å². The highest BCUT2D eigenvalue weighted by Gasteiger charge is 2.19. The molecule has 0 aliphatic heterocycles. The molecule has 2 heterocycles. The lowest BCUT2D eigenvalue weighted by atomic mass is 10.2. The van der Waals surface area contributed by atoms with Gasteiger partial charge < -0.3 is 18.6 Å². The van der Waals surface area contributed by atoms with E-state index in [2.05, 4.69) is 27.0 Å². The Hall–Kier alpha value is -4.26. The quantitative estimate of drug-likeness (QED) is 0.167. The molecule has 0 bridgehead atoms. The molecule has 0 saturated carbocycles. The van der Waals surface area contributed by atoms with Crippen molar-refractivity contribution in [2.24, 2.45) is 5.10 Å². The fraction of sp³-hybridized carbons (Fsp3) is 0.107. The molecule has 0 spiro atoms. The SMILES string of the molecule is C#CCOc1c(OC)cc(C=Nn2c(-c3cc4c(OC)cccc4o3)nc3ccccc3c2=O)c(Br)c1Cl.